The van der Waals surface area contributed by atoms with Crippen molar-refractivity contribution in [2.24, 2.45) is 0 Å². The first-order chi connectivity index (χ1) is 22.6. The highest BCUT2D eigenvalue weighted by atomic mass is 19.4. The normalized spacial score (nSPS) is 12.0. The molecule has 0 fully saturated rings. The molecule has 3 aromatic rings. The predicted molar refractivity (Wildman–Crippen MR) is 171 cm³/mol. The molecule has 0 N–H and O–H groups in total. The second kappa shape index (κ2) is 19.6. The van der Waals surface area contributed by atoms with Gasteiger partial charge in [-0.05, 0) is 61.7 Å². The molecule has 0 saturated carbocycles. The topological polar surface area (TPSA) is 87.6 Å². The highest BCUT2D eigenvalue weighted by Crippen LogP contribution is 2.29. The van der Waals surface area contributed by atoms with E-state index in [9.17, 15) is 27.2 Å². The van der Waals surface area contributed by atoms with E-state index in [0.29, 0.717) is 30.5 Å². The van der Waals surface area contributed by atoms with Gasteiger partial charge in [0.25, 0.3) is 0 Å². The molecule has 256 valence electrons. The second-order valence-corrected chi connectivity index (χ2v) is 11.5. The maximum atomic E-state index is 14.7. The Balaban J connectivity index is 1.49. The smallest absolute Gasteiger partial charge is 0.425 e. The Bertz CT molecular complexity index is 1380. The van der Waals surface area contributed by atoms with Crippen LogP contribution in [0.3, 0.4) is 0 Å². The van der Waals surface area contributed by atoms with E-state index >= 15 is 0 Å². The highest BCUT2D eigenvalue weighted by Gasteiger charge is 2.42. The highest BCUT2D eigenvalue weighted by molar-refractivity contribution is 5.91. The van der Waals surface area contributed by atoms with Crippen LogP contribution < -0.4 is 9.47 Å². The number of carbonyl (C=O) groups excluding carboxylic acids is 2. The molecule has 1 heterocycles. The Hall–Kier alpha value is -4.02. The maximum absolute atomic E-state index is 14.7. The van der Waals surface area contributed by atoms with Gasteiger partial charge in [-0.3, -0.25) is 0 Å². The van der Waals surface area contributed by atoms with Gasteiger partial charge >= 0.3 is 18.1 Å². The van der Waals surface area contributed by atoms with Gasteiger partial charge in [0.15, 0.2) is 23.5 Å². The number of nitrogens with zero attached hydrogens (tertiary/aromatic N) is 2. The summed E-state index contributed by atoms with van der Waals surface area (Å²) < 4.78 is 70.4. The van der Waals surface area contributed by atoms with Gasteiger partial charge in [0, 0.05) is 18.0 Å². The average molecular weight is 661 g/mol. The lowest BCUT2D eigenvalue weighted by molar-refractivity contribution is -0.206. The molecule has 0 aliphatic heterocycles. The number of rotatable bonds is 20. The Morgan fingerprint density at radius 2 is 1.34 bits per heavy atom. The molecular formula is C36H44F4N2O5. The van der Waals surface area contributed by atoms with E-state index in [1.54, 1.807) is 0 Å². The molecule has 0 amide bonds. The van der Waals surface area contributed by atoms with E-state index in [0.717, 1.165) is 43.6 Å². The molecule has 0 aliphatic carbocycles. The number of ether oxygens (including phenoxy) is 3. The van der Waals surface area contributed by atoms with Crippen molar-refractivity contribution in [1.29, 1.82) is 0 Å². The van der Waals surface area contributed by atoms with Crippen LogP contribution in [-0.2, 0) is 4.74 Å². The van der Waals surface area contributed by atoms with E-state index in [2.05, 4.69) is 21.6 Å². The van der Waals surface area contributed by atoms with Crippen molar-refractivity contribution in [1.82, 2.24) is 9.97 Å². The quantitative estimate of drug-likeness (QED) is 0.0516. The van der Waals surface area contributed by atoms with E-state index in [1.807, 2.05) is 31.2 Å². The summed E-state index contributed by atoms with van der Waals surface area (Å²) >= 11 is 0. The van der Waals surface area contributed by atoms with Gasteiger partial charge in [-0.2, -0.15) is 13.2 Å². The summed E-state index contributed by atoms with van der Waals surface area (Å²) in [5.41, 5.74) is 0.201. The van der Waals surface area contributed by atoms with Crippen molar-refractivity contribution >= 4 is 11.9 Å². The van der Waals surface area contributed by atoms with Gasteiger partial charge < -0.3 is 14.2 Å². The minimum atomic E-state index is -4.75. The number of alkyl halides is 3. The van der Waals surface area contributed by atoms with Gasteiger partial charge in [0.1, 0.15) is 5.75 Å². The van der Waals surface area contributed by atoms with Crippen LogP contribution in [0.5, 0.6) is 11.5 Å². The summed E-state index contributed by atoms with van der Waals surface area (Å²) in [6, 6.07) is 9.93. The first kappa shape index (κ1) is 37.4. The monoisotopic (exact) mass is 660 g/mol. The van der Waals surface area contributed by atoms with Gasteiger partial charge in [0.05, 0.1) is 17.7 Å². The second-order valence-electron chi connectivity index (χ2n) is 11.5. The van der Waals surface area contributed by atoms with Crippen LogP contribution in [0.25, 0.3) is 11.4 Å². The number of hydrogen-bond donors (Lipinski definition) is 0. The zero-order valence-corrected chi connectivity index (χ0v) is 27.1. The molecule has 1 atom stereocenters. The number of carbonyl (C=O) groups is 2. The Morgan fingerprint density at radius 1 is 0.745 bits per heavy atom. The van der Waals surface area contributed by atoms with Crippen molar-refractivity contribution in [2.75, 3.05) is 6.61 Å². The lowest BCUT2D eigenvalue weighted by Crippen LogP contribution is -2.33. The van der Waals surface area contributed by atoms with Gasteiger partial charge in [0.2, 0.25) is 0 Å². The van der Waals surface area contributed by atoms with Crippen LogP contribution in [0.15, 0.2) is 54.9 Å². The molecule has 0 spiro atoms. The van der Waals surface area contributed by atoms with E-state index < -0.39 is 41.3 Å². The minimum Gasteiger partial charge on any atom is -0.494 e. The fraction of sp³-hybridized carbons (Fsp3) is 0.500. The lowest BCUT2D eigenvalue weighted by atomic mass is 10.1. The number of benzene rings is 2. The Labute approximate surface area is 274 Å². The van der Waals surface area contributed by atoms with E-state index in [-0.39, 0.29) is 18.4 Å². The fourth-order valence-corrected chi connectivity index (χ4v) is 4.82. The van der Waals surface area contributed by atoms with Crippen molar-refractivity contribution in [3.05, 3.63) is 71.8 Å². The summed E-state index contributed by atoms with van der Waals surface area (Å²) in [5.74, 6) is -2.84. The number of hydrogen-bond acceptors (Lipinski definition) is 7. The standard InChI is InChI=1S/C36H44F4N2O5/c1-3-5-7-9-10-11-12-14-22-45-29-19-16-26(17-20-29)33-41-24-28(25-42-33)35(44)46-31-21-18-27(23-30(31)37)34(43)47-32(36(38,39)40)15-13-8-6-4-2/h16-21,23-25,32H,3-15,22H2,1-2H3. The molecule has 0 saturated heterocycles. The first-order valence-corrected chi connectivity index (χ1v) is 16.5. The van der Waals surface area contributed by atoms with Gasteiger partial charge in [-0.15, -0.1) is 0 Å². The zero-order chi connectivity index (χ0) is 34.1. The molecule has 3 rings (SSSR count). The number of halogens is 4. The molecule has 0 bridgehead atoms. The molecule has 0 radical (unpaired) electrons. The van der Waals surface area contributed by atoms with Crippen LogP contribution in [0.2, 0.25) is 0 Å². The summed E-state index contributed by atoms with van der Waals surface area (Å²) in [6.07, 6.45) is 7.26. The van der Waals surface area contributed by atoms with Crippen molar-refractivity contribution in [3.63, 3.8) is 0 Å². The van der Waals surface area contributed by atoms with Crippen LogP contribution >= 0.6 is 0 Å². The summed E-state index contributed by atoms with van der Waals surface area (Å²) in [7, 11) is 0. The minimum absolute atomic E-state index is 0.0574. The number of esters is 2. The molecule has 47 heavy (non-hydrogen) atoms. The van der Waals surface area contributed by atoms with Crippen molar-refractivity contribution < 1.29 is 41.4 Å². The third-order valence-electron chi connectivity index (χ3n) is 7.57. The molecular weight excluding hydrogens is 616 g/mol. The van der Waals surface area contributed by atoms with Gasteiger partial charge in [-0.1, -0.05) is 78.1 Å². The zero-order valence-electron chi connectivity index (χ0n) is 27.1. The Kier molecular flexibility index (Phi) is 15.6. The first-order valence-electron chi connectivity index (χ1n) is 16.5. The van der Waals surface area contributed by atoms with Crippen LogP contribution in [0.1, 0.15) is 118 Å². The lowest BCUT2D eigenvalue weighted by Gasteiger charge is -2.20. The third kappa shape index (κ3) is 13.0. The molecule has 0 aliphatic rings. The summed E-state index contributed by atoms with van der Waals surface area (Å²) in [5, 5.41) is 0. The predicted octanol–water partition coefficient (Wildman–Crippen LogP) is 10.1. The van der Waals surface area contributed by atoms with Crippen LogP contribution in [0, 0.1) is 5.82 Å². The number of aromatic nitrogens is 2. The van der Waals surface area contributed by atoms with Crippen LogP contribution in [0.4, 0.5) is 17.6 Å². The largest absolute Gasteiger partial charge is 0.494 e. The molecule has 2 aromatic carbocycles. The van der Waals surface area contributed by atoms with Crippen LogP contribution in [-0.4, -0.2) is 40.8 Å². The SMILES string of the molecule is CCCCCCCCCCOc1ccc(-c2ncc(C(=O)Oc3ccc(C(=O)OC(CCCCCC)C(F)(F)F)cc3F)cn2)cc1. The molecule has 11 heteroatoms. The Morgan fingerprint density at radius 3 is 1.94 bits per heavy atom. The summed E-state index contributed by atoms with van der Waals surface area (Å²) in [4.78, 5) is 33.4. The average Bonchev–Trinajstić information content (AvgIpc) is 3.06. The van der Waals surface area contributed by atoms with E-state index in [4.69, 9.17) is 9.47 Å². The fourth-order valence-electron chi connectivity index (χ4n) is 4.82. The summed E-state index contributed by atoms with van der Waals surface area (Å²) in [6.45, 7) is 4.79. The maximum Gasteiger partial charge on any atom is 0.425 e. The van der Waals surface area contributed by atoms with Gasteiger partial charge in [-0.25, -0.2) is 23.9 Å². The molecule has 1 unspecified atom stereocenters. The van der Waals surface area contributed by atoms with E-state index in [1.165, 1.54) is 50.9 Å². The molecule has 7 nitrogen and oxygen atoms in total. The number of unbranched alkanes of at least 4 members (excludes halogenated alkanes) is 10. The van der Waals surface area contributed by atoms with Crippen molar-refractivity contribution in [3.8, 4) is 22.9 Å². The third-order valence-corrected chi connectivity index (χ3v) is 7.57. The molecule has 1 aromatic heterocycles. The van der Waals surface area contributed by atoms with Crippen molar-refractivity contribution in [2.45, 2.75) is 110 Å².